The lowest BCUT2D eigenvalue weighted by atomic mass is 9.96. The normalized spacial score (nSPS) is 20.0. The zero-order chi connectivity index (χ0) is 11.8. The molecule has 1 unspecified atom stereocenters. The fraction of sp³-hybridized carbons (Fsp3) is 0.357. The molecule has 0 saturated carbocycles. The standard InChI is InChI=1S/C14H15ClN2/c1-9-6-12-7-10(11-4-5-16-8-11)2-3-13(12)17-14(9)15/h2-3,6-7,11,16H,4-5,8H2,1H3. The molecule has 1 aliphatic heterocycles. The summed E-state index contributed by atoms with van der Waals surface area (Å²) in [5.74, 6) is 0.649. The molecule has 0 spiro atoms. The van der Waals surface area contributed by atoms with Crippen LogP contribution in [0.4, 0.5) is 0 Å². The van der Waals surface area contributed by atoms with Crippen LogP contribution in [0.5, 0.6) is 0 Å². The van der Waals surface area contributed by atoms with Crippen LogP contribution in [-0.2, 0) is 0 Å². The van der Waals surface area contributed by atoms with Gasteiger partial charge in [0.15, 0.2) is 0 Å². The van der Waals surface area contributed by atoms with Crippen molar-refractivity contribution >= 4 is 22.5 Å². The van der Waals surface area contributed by atoms with Crippen LogP contribution in [0, 0.1) is 6.92 Å². The molecular formula is C14H15ClN2. The lowest BCUT2D eigenvalue weighted by Crippen LogP contribution is -2.07. The molecule has 1 N–H and O–H groups in total. The molecule has 2 heterocycles. The number of aromatic nitrogens is 1. The Labute approximate surface area is 106 Å². The average Bonchev–Trinajstić information content (AvgIpc) is 2.83. The maximum Gasteiger partial charge on any atom is 0.132 e. The molecule has 17 heavy (non-hydrogen) atoms. The van der Waals surface area contributed by atoms with Gasteiger partial charge in [0, 0.05) is 11.9 Å². The Morgan fingerprint density at radius 2 is 2.24 bits per heavy atom. The van der Waals surface area contributed by atoms with Crippen molar-refractivity contribution in [2.45, 2.75) is 19.3 Å². The van der Waals surface area contributed by atoms with E-state index in [1.165, 1.54) is 17.4 Å². The monoisotopic (exact) mass is 246 g/mol. The van der Waals surface area contributed by atoms with E-state index in [4.69, 9.17) is 11.6 Å². The van der Waals surface area contributed by atoms with E-state index in [0.29, 0.717) is 11.1 Å². The summed E-state index contributed by atoms with van der Waals surface area (Å²) >= 11 is 6.03. The second-order valence-corrected chi connectivity index (χ2v) is 5.10. The van der Waals surface area contributed by atoms with Gasteiger partial charge in [-0.2, -0.15) is 0 Å². The fourth-order valence-corrected chi connectivity index (χ4v) is 2.62. The van der Waals surface area contributed by atoms with Crippen LogP contribution in [0.1, 0.15) is 23.5 Å². The molecule has 1 aromatic heterocycles. The van der Waals surface area contributed by atoms with Gasteiger partial charge in [0.1, 0.15) is 5.15 Å². The first-order chi connectivity index (χ1) is 8.24. The van der Waals surface area contributed by atoms with E-state index in [2.05, 4.69) is 34.6 Å². The highest BCUT2D eigenvalue weighted by Gasteiger charge is 2.16. The Bertz CT molecular complexity index is 559. The predicted molar refractivity (Wildman–Crippen MR) is 71.7 cm³/mol. The van der Waals surface area contributed by atoms with E-state index in [9.17, 15) is 0 Å². The summed E-state index contributed by atoms with van der Waals surface area (Å²) in [4.78, 5) is 4.39. The summed E-state index contributed by atoms with van der Waals surface area (Å²) in [6, 6.07) is 8.63. The Balaban J connectivity index is 2.08. The molecule has 88 valence electrons. The first kappa shape index (κ1) is 11.0. The topological polar surface area (TPSA) is 24.9 Å². The summed E-state index contributed by atoms with van der Waals surface area (Å²) in [5, 5.41) is 5.20. The van der Waals surface area contributed by atoms with Crippen LogP contribution in [-0.4, -0.2) is 18.1 Å². The molecule has 3 heteroatoms. The van der Waals surface area contributed by atoms with Crippen molar-refractivity contribution in [1.82, 2.24) is 10.3 Å². The SMILES string of the molecule is Cc1cc2cc(C3CCNC3)ccc2nc1Cl. The maximum atomic E-state index is 6.03. The molecule has 1 atom stereocenters. The van der Waals surface area contributed by atoms with Gasteiger partial charge in [-0.3, -0.25) is 0 Å². The van der Waals surface area contributed by atoms with Crippen molar-refractivity contribution in [2.24, 2.45) is 0 Å². The third-order valence-electron chi connectivity index (χ3n) is 3.50. The Hall–Kier alpha value is -1.12. The minimum Gasteiger partial charge on any atom is -0.316 e. The van der Waals surface area contributed by atoms with Gasteiger partial charge in [-0.15, -0.1) is 0 Å². The lowest BCUT2D eigenvalue weighted by Gasteiger charge is -2.10. The highest BCUT2D eigenvalue weighted by Crippen LogP contribution is 2.27. The summed E-state index contributed by atoms with van der Waals surface area (Å²) in [7, 11) is 0. The molecule has 0 aliphatic carbocycles. The molecule has 1 saturated heterocycles. The first-order valence-corrected chi connectivity index (χ1v) is 6.39. The number of hydrogen-bond acceptors (Lipinski definition) is 2. The molecule has 1 aromatic carbocycles. The number of nitrogens with zero attached hydrogens (tertiary/aromatic N) is 1. The highest BCUT2D eigenvalue weighted by molar-refractivity contribution is 6.30. The van der Waals surface area contributed by atoms with E-state index in [0.717, 1.165) is 24.2 Å². The van der Waals surface area contributed by atoms with Crippen molar-refractivity contribution < 1.29 is 0 Å². The third kappa shape index (κ3) is 2.03. The first-order valence-electron chi connectivity index (χ1n) is 6.01. The second kappa shape index (κ2) is 4.28. The van der Waals surface area contributed by atoms with Gasteiger partial charge < -0.3 is 5.32 Å². The van der Waals surface area contributed by atoms with E-state index in [1.807, 2.05) is 6.92 Å². The number of hydrogen-bond donors (Lipinski definition) is 1. The molecule has 3 rings (SSSR count). The number of fused-ring (bicyclic) bond motifs is 1. The average molecular weight is 247 g/mol. The Morgan fingerprint density at radius 1 is 1.35 bits per heavy atom. The summed E-state index contributed by atoms with van der Waals surface area (Å²) in [6.07, 6.45) is 1.23. The molecule has 1 fully saturated rings. The fourth-order valence-electron chi connectivity index (χ4n) is 2.47. The molecule has 0 bridgehead atoms. The minimum absolute atomic E-state index is 0.604. The highest BCUT2D eigenvalue weighted by atomic mass is 35.5. The van der Waals surface area contributed by atoms with Gasteiger partial charge >= 0.3 is 0 Å². The van der Waals surface area contributed by atoms with Crippen LogP contribution < -0.4 is 5.32 Å². The van der Waals surface area contributed by atoms with Crippen LogP contribution in [0.3, 0.4) is 0 Å². The number of pyridine rings is 1. The molecule has 2 aromatic rings. The third-order valence-corrected chi connectivity index (χ3v) is 3.88. The van der Waals surface area contributed by atoms with E-state index >= 15 is 0 Å². The quantitative estimate of drug-likeness (QED) is 0.782. The number of nitrogens with one attached hydrogen (secondary N) is 1. The van der Waals surface area contributed by atoms with Gasteiger partial charge in [-0.25, -0.2) is 4.98 Å². The minimum atomic E-state index is 0.604. The van der Waals surface area contributed by atoms with Crippen molar-refractivity contribution in [3.63, 3.8) is 0 Å². The summed E-state index contributed by atoms with van der Waals surface area (Å²) in [6.45, 7) is 4.21. The van der Waals surface area contributed by atoms with Crippen LogP contribution in [0.2, 0.25) is 5.15 Å². The predicted octanol–water partition coefficient (Wildman–Crippen LogP) is 3.27. The second-order valence-electron chi connectivity index (χ2n) is 4.74. The smallest absolute Gasteiger partial charge is 0.132 e. The largest absolute Gasteiger partial charge is 0.316 e. The van der Waals surface area contributed by atoms with Crippen molar-refractivity contribution in [1.29, 1.82) is 0 Å². The molecule has 0 amide bonds. The molecular weight excluding hydrogens is 232 g/mol. The number of halogens is 1. The number of benzene rings is 1. The molecule has 0 radical (unpaired) electrons. The van der Waals surface area contributed by atoms with Gasteiger partial charge in [-0.05, 0) is 55.1 Å². The van der Waals surface area contributed by atoms with E-state index in [-0.39, 0.29) is 0 Å². The maximum absolute atomic E-state index is 6.03. The zero-order valence-electron chi connectivity index (χ0n) is 9.83. The summed E-state index contributed by atoms with van der Waals surface area (Å²) in [5.41, 5.74) is 3.43. The lowest BCUT2D eigenvalue weighted by molar-refractivity contribution is 0.764. The number of rotatable bonds is 1. The van der Waals surface area contributed by atoms with E-state index < -0.39 is 0 Å². The van der Waals surface area contributed by atoms with Gasteiger partial charge in [0.2, 0.25) is 0 Å². The van der Waals surface area contributed by atoms with E-state index in [1.54, 1.807) is 0 Å². The van der Waals surface area contributed by atoms with Gasteiger partial charge in [0.25, 0.3) is 0 Å². The zero-order valence-corrected chi connectivity index (χ0v) is 10.6. The van der Waals surface area contributed by atoms with Gasteiger partial charge in [0.05, 0.1) is 5.52 Å². The Morgan fingerprint density at radius 3 is 3.00 bits per heavy atom. The van der Waals surface area contributed by atoms with Crippen molar-refractivity contribution in [3.05, 3.63) is 40.5 Å². The van der Waals surface area contributed by atoms with Crippen LogP contribution >= 0.6 is 11.6 Å². The Kier molecular flexibility index (Phi) is 2.77. The van der Waals surface area contributed by atoms with Crippen LogP contribution in [0.15, 0.2) is 24.3 Å². The molecule has 1 aliphatic rings. The number of aryl methyl sites for hydroxylation is 1. The van der Waals surface area contributed by atoms with Crippen LogP contribution in [0.25, 0.3) is 10.9 Å². The summed E-state index contributed by atoms with van der Waals surface area (Å²) < 4.78 is 0. The molecule has 2 nitrogen and oxygen atoms in total. The van der Waals surface area contributed by atoms with Crippen molar-refractivity contribution in [2.75, 3.05) is 13.1 Å². The van der Waals surface area contributed by atoms with Crippen molar-refractivity contribution in [3.8, 4) is 0 Å². The van der Waals surface area contributed by atoms with Gasteiger partial charge in [-0.1, -0.05) is 17.7 Å².